The highest BCUT2D eigenvalue weighted by molar-refractivity contribution is 9.10. The van der Waals surface area contributed by atoms with Crippen LogP contribution in [0.25, 0.3) is 0 Å². The largest absolute Gasteiger partial charge is 0.456 e. The van der Waals surface area contributed by atoms with Crippen molar-refractivity contribution < 1.29 is 27.9 Å². The van der Waals surface area contributed by atoms with Gasteiger partial charge in [-0.05, 0) is 80.5 Å². The van der Waals surface area contributed by atoms with Crippen LogP contribution in [-0.4, -0.2) is 44.5 Å². The Labute approximate surface area is 184 Å². The van der Waals surface area contributed by atoms with E-state index >= 15 is 0 Å². The minimum Gasteiger partial charge on any atom is -0.456 e. The molecule has 2 N–H and O–H groups in total. The summed E-state index contributed by atoms with van der Waals surface area (Å²) in [4.78, 5) is 25.3. The van der Waals surface area contributed by atoms with Gasteiger partial charge in [-0.1, -0.05) is 15.9 Å². The second-order valence-electron chi connectivity index (χ2n) is 9.04. The molecule has 4 bridgehead atoms. The molecule has 0 aromatic heterocycles. The SMILES string of the molecule is O=C(OCC(=O)C12CC3CC(CC(C3)C1)C2)[C@H](CO)NS(=O)(=O)c1ccc(Br)cc1. The van der Waals surface area contributed by atoms with Gasteiger partial charge in [0.25, 0.3) is 0 Å². The molecule has 0 unspecified atom stereocenters. The van der Waals surface area contributed by atoms with Gasteiger partial charge in [-0.25, -0.2) is 8.42 Å². The lowest BCUT2D eigenvalue weighted by atomic mass is 9.48. The molecule has 4 aliphatic rings. The number of sulfonamides is 1. The number of nitrogens with one attached hydrogen (secondary N) is 1. The zero-order valence-electron chi connectivity index (χ0n) is 16.6. The summed E-state index contributed by atoms with van der Waals surface area (Å²) in [5, 5.41) is 9.53. The number of Topliss-reactive ketones (excluding diaryl/α,β-unsaturated/α-hetero) is 1. The number of hydrogen-bond acceptors (Lipinski definition) is 6. The average molecular weight is 500 g/mol. The van der Waals surface area contributed by atoms with E-state index in [4.69, 9.17) is 4.74 Å². The van der Waals surface area contributed by atoms with Crippen LogP contribution in [0.15, 0.2) is 33.6 Å². The van der Waals surface area contributed by atoms with E-state index in [1.54, 1.807) is 12.1 Å². The molecule has 0 amide bonds. The summed E-state index contributed by atoms with van der Waals surface area (Å²) in [7, 11) is -4.03. The van der Waals surface area contributed by atoms with Gasteiger partial charge in [0.2, 0.25) is 10.0 Å². The molecule has 0 aliphatic heterocycles. The van der Waals surface area contributed by atoms with E-state index in [1.807, 2.05) is 0 Å². The fourth-order valence-corrected chi connectivity index (χ4v) is 7.31. The highest BCUT2D eigenvalue weighted by Crippen LogP contribution is 2.60. The second kappa shape index (κ2) is 8.33. The number of carbonyl (C=O) groups is 2. The summed E-state index contributed by atoms with van der Waals surface area (Å²) in [5.41, 5.74) is -0.388. The third-order valence-electron chi connectivity index (χ3n) is 6.86. The summed E-state index contributed by atoms with van der Waals surface area (Å²) in [6.45, 7) is -1.14. The van der Waals surface area contributed by atoms with Crippen LogP contribution in [0.1, 0.15) is 38.5 Å². The standard InChI is InChI=1S/C21H26BrNO6S/c22-16-1-3-17(4-2-16)30(27,28)23-18(11-24)20(26)29-12-19(25)21-8-13-5-14(9-21)7-15(6-13)10-21/h1-4,13-15,18,23-24H,5-12H2/t13?,14?,15?,18-,21?/m0/s1. The zero-order chi connectivity index (χ0) is 21.5. The molecule has 0 heterocycles. The Bertz CT molecular complexity index is 894. The average Bonchev–Trinajstić information content (AvgIpc) is 2.69. The van der Waals surface area contributed by atoms with E-state index < -0.39 is 28.6 Å². The van der Waals surface area contributed by atoms with Crippen LogP contribution in [0.4, 0.5) is 0 Å². The fraction of sp³-hybridized carbons (Fsp3) is 0.619. The Morgan fingerprint density at radius 2 is 1.63 bits per heavy atom. The van der Waals surface area contributed by atoms with Gasteiger partial charge in [0.05, 0.1) is 11.5 Å². The van der Waals surface area contributed by atoms with Crippen molar-refractivity contribution in [1.29, 1.82) is 0 Å². The van der Waals surface area contributed by atoms with Crippen molar-refractivity contribution in [2.24, 2.45) is 23.2 Å². The molecule has 4 saturated carbocycles. The summed E-state index contributed by atoms with van der Waals surface area (Å²) in [6.07, 6.45) is 6.23. The van der Waals surface area contributed by atoms with Crippen LogP contribution in [0.3, 0.4) is 0 Å². The molecule has 5 rings (SSSR count). The smallest absolute Gasteiger partial charge is 0.327 e. The first-order chi connectivity index (χ1) is 14.2. The number of rotatable bonds is 8. The molecular weight excluding hydrogens is 474 g/mol. The van der Waals surface area contributed by atoms with E-state index in [0.29, 0.717) is 22.2 Å². The van der Waals surface area contributed by atoms with Gasteiger partial charge >= 0.3 is 5.97 Å². The van der Waals surface area contributed by atoms with Gasteiger partial charge in [-0.2, -0.15) is 4.72 Å². The predicted octanol–water partition coefficient (Wildman–Crippen LogP) is 2.42. The summed E-state index contributed by atoms with van der Waals surface area (Å²) < 4.78 is 33.0. The van der Waals surface area contributed by atoms with Crippen molar-refractivity contribution in [2.75, 3.05) is 13.2 Å². The third-order valence-corrected chi connectivity index (χ3v) is 8.88. The minimum atomic E-state index is -4.03. The number of ether oxygens (including phenoxy) is 1. The van der Waals surface area contributed by atoms with Gasteiger partial charge in [-0.15, -0.1) is 0 Å². The lowest BCUT2D eigenvalue weighted by Gasteiger charge is -2.55. The Balaban J connectivity index is 1.36. The van der Waals surface area contributed by atoms with Crippen LogP contribution in [0.2, 0.25) is 0 Å². The highest BCUT2D eigenvalue weighted by atomic mass is 79.9. The van der Waals surface area contributed by atoms with Gasteiger partial charge in [-0.3, -0.25) is 9.59 Å². The maximum atomic E-state index is 13.0. The molecule has 0 radical (unpaired) electrons. The number of ketones is 1. The van der Waals surface area contributed by atoms with E-state index in [1.165, 1.54) is 31.4 Å². The summed E-state index contributed by atoms with van der Waals surface area (Å²) >= 11 is 3.23. The number of carbonyl (C=O) groups excluding carboxylic acids is 2. The monoisotopic (exact) mass is 499 g/mol. The molecule has 1 aromatic carbocycles. The Morgan fingerprint density at radius 1 is 1.10 bits per heavy atom. The summed E-state index contributed by atoms with van der Waals surface area (Å²) in [5.74, 6) is 0.773. The van der Waals surface area contributed by atoms with Crippen molar-refractivity contribution in [3.8, 4) is 0 Å². The predicted molar refractivity (Wildman–Crippen MR) is 112 cm³/mol. The number of esters is 1. The topological polar surface area (TPSA) is 110 Å². The molecule has 1 atom stereocenters. The second-order valence-corrected chi connectivity index (χ2v) is 11.7. The molecule has 164 valence electrons. The molecule has 9 heteroatoms. The maximum absolute atomic E-state index is 13.0. The lowest BCUT2D eigenvalue weighted by molar-refractivity contribution is -0.159. The first-order valence-electron chi connectivity index (χ1n) is 10.3. The molecule has 4 fully saturated rings. The van der Waals surface area contributed by atoms with Crippen LogP contribution in [-0.2, 0) is 24.3 Å². The third kappa shape index (κ3) is 4.35. The van der Waals surface area contributed by atoms with Crippen LogP contribution >= 0.6 is 15.9 Å². The first kappa shape index (κ1) is 21.9. The van der Waals surface area contributed by atoms with Crippen molar-refractivity contribution in [1.82, 2.24) is 4.72 Å². The Kier molecular flexibility index (Phi) is 6.09. The van der Waals surface area contributed by atoms with Gasteiger partial charge in [0.15, 0.2) is 12.4 Å². The molecule has 0 saturated heterocycles. The van der Waals surface area contributed by atoms with E-state index in [9.17, 15) is 23.1 Å². The van der Waals surface area contributed by atoms with Gasteiger partial charge < -0.3 is 9.84 Å². The minimum absolute atomic E-state index is 0.0402. The molecular formula is C21H26BrNO6S. The van der Waals surface area contributed by atoms with Gasteiger partial charge in [0.1, 0.15) is 6.04 Å². The number of halogens is 1. The van der Waals surface area contributed by atoms with Crippen molar-refractivity contribution in [3.05, 3.63) is 28.7 Å². The molecule has 1 aromatic rings. The Morgan fingerprint density at radius 3 is 2.13 bits per heavy atom. The van der Waals surface area contributed by atoms with Crippen molar-refractivity contribution in [3.63, 3.8) is 0 Å². The van der Waals surface area contributed by atoms with Crippen LogP contribution in [0.5, 0.6) is 0 Å². The summed E-state index contributed by atoms with van der Waals surface area (Å²) in [6, 6.07) is 4.41. The van der Waals surface area contributed by atoms with E-state index in [-0.39, 0.29) is 22.7 Å². The van der Waals surface area contributed by atoms with Crippen molar-refractivity contribution >= 4 is 37.7 Å². The maximum Gasteiger partial charge on any atom is 0.327 e. The zero-order valence-corrected chi connectivity index (χ0v) is 19.0. The fourth-order valence-electron chi connectivity index (χ4n) is 5.87. The molecule has 4 aliphatic carbocycles. The quantitative estimate of drug-likeness (QED) is 0.531. The van der Waals surface area contributed by atoms with E-state index in [2.05, 4.69) is 20.7 Å². The number of benzene rings is 1. The molecule has 7 nitrogen and oxygen atoms in total. The van der Waals surface area contributed by atoms with Crippen LogP contribution in [0, 0.1) is 23.2 Å². The highest BCUT2D eigenvalue weighted by Gasteiger charge is 2.54. The normalized spacial score (nSPS) is 30.8. The lowest BCUT2D eigenvalue weighted by Crippen LogP contribution is -2.51. The number of aliphatic hydroxyl groups is 1. The number of hydrogen-bond donors (Lipinski definition) is 2. The van der Waals surface area contributed by atoms with Crippen molar-refractivity contribution in [2.45, 2.75) is 49.5 Å². The van der Waals surface area contributed by atoms with Gasteiger partial charge in [0, 0.05) is 9.89 Å². The molecule has 30 heavy (non-hydrogen) atoms. The number of aliphatic hydroxyl groups excluding tert-OH is 1. The van der Waals surface area contributed by atoms with E-state index in [0.717, 1.165) is 19.3 Å². The molecule has 0 spiro atoms. The Hall–Kier alpha value is -1.29. The van der Waals surface area contributed by atoms with Crippen LogP contribution < -0.4 is 4.72 Å². The first-order valence-corrected chi connectivity index (χ1v) is 12.6.